The highest BCUT2D eigenvalue weighted by molar-refractivity contribution is 7.89. The van der Waals surface area contributed by atoms with Crippen LogP contribution < -0.4 is 10.2 Å². The molecule has 1 aromatic carbocycles. The van der Waals surface area contributed by atoms with Gasteiger partial charge in [0.15, 0.2) is 0 Å². The van der Waals surface area contributed by atoms with Gasteiger partial charge in [0.05, 0.1) is 17.7 Å². The van der Waals surface area contributed by atoms with Crippen LogP contribution in [0.15, 0.2) is 24.3 Å². The van der Waals surface area contributed by atoms with Gasteiger partial charge in [-0.1, -0.05) is 19.1 Å². The molecule has 29 heavy (non-hydrogen) atoms. The largest absolute Gasteiger partial charge is 0.372 e. The van der Waals surface area contributed by atoms with Crippen LogP contribution in [0.25, 0.3) is 0 Å². The topological polar surface area (TPSA) is 69.7 Å². The molecular formula is C22H35N3O3S. The molecule has 2 heterocycles. The van der Waals surface area contributed by atoms with Gasteiger partial charge in [0.1, 0.15) is 0 Å². The highest BCUT2D eigenvalue weighted by Gasteiger charge is 2.31. The first kappa shape index (κ1) is 22.1. The van der Waals surface area contributed by atoms with Gasteiger partial charge in [0.25, 0.3) is 0 Å². The molecule has 1 N–H and O–H groups in total. The number of rotatable bonds is 6. The van der Waals surface area contributed by atoms with Crippen LogP contribution >= 0.6 is 0 Å². The van der Waals surface area contributed by atoms with Crippen molar-refractivity contribution in [3.05, 3.63) is 29.8 Å². The molecule has 1 aromatic rings. The quantitative estimate of drug-likeness (QED) is 0.766. The number of benzene rings is 1. The van der Waals surface area contributed by atoms with Crippen molar-refractivity contribution in [2.24, 2.45) is 11.8 Å². The lowest BCUT2D eigenvalue weighted by Crippen LogP contribution is -2.46. The van der Waals surface area contributed by atoms with Gasteiger partial charge in [0.2, 0.25) is 15.9 Å². The molecule has 0 radical (unpaired) electrons. The first-order valence-electron chi connectivity index (χ1n) is 10.9. The Morgan fingerprint density at radius 3 is 2.41 bits per heavy atom. The van der Waals surface area contributed by atoms with E-state index in [0.717, 1.165) is 37.4 Å². The van der Waals surface area contributed by atoms with E-state index in [4.69, 9.17) is 0 Å². The van der Waals surface area contributed by atoms with E-state index >= 15 is 0 Å². The van der Waals surface area contributed by atoms with Gasteiger partial charge in [-0.25, -0.2) is 12.7 Å². The number of nitrogens with zero attached hydrogens (tertiary/aromatic N) is 2. The Kier molecular flexibility index (Phi) is 7.22. The maximum absolute atomic E-state index is 12.7. The van der Waals surface area contributed by atoms with E-state index in [1.54, 1.807) is 6.92 Å². The van der Waals surface area contributed by atoms with Crippen LogP contribution in [0, 0.1) is 11.8 Å². The molecule has 0 aliphatic carbocycles. The Labute approximate surface area is 175 Å². The normalized spacial score (nSPS) is 23.0. The van der Waals surface area contributed by atoms with Crippen LogP contribution in [-0.4, -0.2) is 50.6 Å². The molecule has 0 aromatic heterocycles. The molecule has 1 amide bonds. The molecule has 6 nitrogen and oxygen atoms in total. The van der Waals surface area contributed by atoms with Crippen LogP contribution in [0.2, 0.25) is 0 Å². The number of anilines is 1. The van der Waals surface area contributed by atoms with Gasteiger partial charge in [-0.05, 0) is 63.1 Å². The third kappa shape index (κ3) is 5.51. The zero-order valence-electron chi connectivity index (χ0n) is 17.9. The molecule has 0 bridgehead atoms. The average molecular weight is 422 g/mol. The first-order chi connectivity index (χ1) is 13.8. The summed E-state index contributed by atoms with van der Waals surface area (Å²) in [5, 5.41) is 3.09. The lowest BCUT2D eigenvalue weighted by Gasteiger charge is -2.32. The molecule has 2 aliphatic rings. The second-order valence-corrected chi connectivity index (χ2v) is 10.8. The second kappa shape index (κ2) is 9.47. The summed E-state index contributed by atoms with van der Waals surface area (Å²) >= 11 is 0. The fraction of sp³-hybridized carbons (Fsp3) is 0.682. The molecule has 2 fully saturated rings. The molecule has 162 valence electrons. The summed E-state index contributed by atoms with van der Waals surface area (Å²) in [4.78, 5) is 15.2. The van der Waals surface area contributed by atoms with Crippen molar-refractivity contribution in [2.45, 2.75) is 52.5 Å². The van der Waals surface area contributed by atoms with Crippen LogP contribution in [0.5, 0.6) is 0 Å². The Morgan fingerprint density at radius 1 is 1.14 bits per heavy atom. The minimum atomic E-state index is -3.24. The summed E-state index contributed by atoms with van der Waals surface area (Å²) in [5.74, 6) is 0.563. The van der Waals surface area contributed by atoms with Gasteiger partial charge in [-0.15, -0.1) is 0 Å². The maximum Gasteiger partial charge on any atom is 0.224 e. The van der Waals surface area contributed by atoms with Crippen molar-refractivity contribution in [3.63, 3.8) is 0 Å². The van der Waals surface area contributed by atoms with Crippen molar-refractivity contribution >= 4 is 21.6 Å². The van der Waals surface area contributed by atoms with Gasteiger partial charge in [0, 0.05) is 31.9 Å². The summed E-state index contributed by atoms with van der Waals surface area (Å²) in [6, 6.07) is 8.37. The smallest absolute Gasteiger partial charge is 0.224 e. The standard InChI is InChI=1S/C22H35N3O3S/c1-4-29(27,28)25-13-5-6-20(16-25)22(26)23-18(3)19-7-9-21(10-8-19)24-14-11-17(2)12-15-24/h7-10,17-18,20H,4-6,11-16H2,1-3H3,(H,23,26)/t18-,20-/m0/s1. The number of hydrogen-bond donors (Lipinski definition) is 1. The molecule has 2 aliphatic heterocycles. The Hall–Kier alpha value is -1.60. The monoisotopic (exact) mass is 421 g/mol. The van der Waals surface area contributed by atoms with Crippen molar-refractivity contribution in [1.29, 1.82) is 0 Å². The molecule has 0 unspecified atom stereocenters. The minimum Gasteiger partial charge on any atom is -0.372 e. The second-order valence-electron chi connectivity index (χ2n) is 8.59. The fourth-order valence-corrected chi connectivity index (χ4v) is 5.43. The number of nitrogens with one attached hydrogen (secondary N) is 1. The SMILES string of the molecule is CCS(=O)(=O)N1CCC[C@H](C(=O)N[C@@H](C)c2ccc(N3CCC(C)CC3)cc2)C1. The highest BCUT2D eigenvalue weighted by atomic mass is 32.2. The van der Waals surface area contributed by atoms with Gasteiger partial charge < -0.3 is 10.2 Å². The van der Waals surface area contributed by atoms with Crippen LogP contribution in [0.1, 0.15) is 58.1 Å². The van der Waals surface area contributed by atoms with E-state index in [0.29, 0.717) is 13.1 Å². The molecule has 2 atom stereocenters. The van der Waals surface area contributed by atoms with E-state index < -0.39 is 10.0 Å². The third-order valence-electron chi connectivity index (χ3n) is 6.41. The van der Waals surface area contributed by atoms with Gasteiger partial charge in [-0.3, -0.25) is 4.79 Å². The van der Waals surface area contributed by atoms with E-state index in [1.807, 2.05) is 6.92 Å². The van der Waals surface area contributed by atoms with E-state index in [-0.39, 0.29) is 23.6 Å². The Morgan fingerprint density at radius 2 is 1.79 bits per heavy atom. The predicted molar refractivity (Wildman–Crippen MR) is 117 cm³/mol. The fourth-order valence-electron chi connectivity index (χ4n) is 4.25. The third-order valence-corrected chi connectivity index (χ3v) is 8.26. The number of carbonyl (C=O) groups is 1. The Balaban J connectivity index is 1.56. The van der Waals surface area contributed by atoms with Gasteiger partial charge in [-0.2, -0.15) is 0 Å². The summed E-state index contributed by atoms with van der Waals surface area (Å²) in [6.45, 7) is 8.96. The zero-order valence-corrected chi connectivity index (χ0v) is 18.7. The lowest BCUT2D eigenvalue weighted by atomic mass is 9.97. The number of carbonyl (C=O) groups excluding carboxylic acids is 1. The summed E-state index contributed by atoms with van der Waals surface area (Å²) in [6.07, 6.45) is 3.94. The zero-order chi connectivity index (χ0) is 21.0. The van der Waals surface area contributed by atoms with Crippen LogP contribution in [0.4, 0.5) is 5.69 Å². The number of piperidine rings is 2. The molecule has 0 saturated carbocycles. The minimum absolute atomic E-state index is 0.0532. The summed E-state index contributed by atoms with van der Waals surface area (Å²) in [7, 11) is -3.24. The Bertz CT molecular complexity index is 786. The van der Waals surface area contributed by atoms with Crippen molar-refractivity contribution in [3.8, 4) is 0 Å². The molecular weight excluding hydrogens is 386 g/mol. The molecule has 3 rings (SSSR count). The molecule has 2 saturated heterocycles. The number of sulfonamides is 1. The summed E-state index contributed by atoms with van der Waals surface area (Å²) < 4.78 is 25.7. The molecule has 0 spiro atoms. The highest BCUT2D eigenvalue weighted by Crippen LogP contribution is 2.25. The average Bonchev–Trinajstić information content (AvgIpc) is 2.74. The van der Waals surface area contributed by atoms with E-state index in [2.05, 4.69) is 41.4 Å². The molecule has 7 heteroatoms. The van der Waals surface area contributed by atoms with Crippen LogP contribution in [0.3, 0.4) is 0 Å². The van der Waals surface area contributed by atoms with Crippen LogP contribution in [-0.2, 0) is 14.8 Å². The van der Waals surface area contributed by atoms with Crippen molar-refractivity contribution < 1.29 is 13.2 Å². The van der Waals surface area contributed by atoms with Crippen molar-refractivity contribution in [2.75, 3.05) is 36.8 Å². The maximum atomic E-state index is 12.7. The first-order valence-corrected chi connectivity index (χ1v) is 12.5. The number of amides is 1. The number of hydrogen-bond acceptors (Lipinski definition) is 4. The van der Waals surface area contributed by atoms with E-state index in [1.165, 1.54) is 22.8 Å². The van der Waals surface area contributed by atoms with E-state index in [9.17, 15) is 13.2 Å². The van der Waals surface area contributed by atoms with Crippen molar-refractivity contribution in [1.82, 2.24) is 9.62 Å². The van der Waals surface area contributed by atoms with Gasteiger partial charge >= 0.3 is 0 Å². The predicted octanol–water partition coefficient (Wildman–Crippen LogP) is 3.16. The summed E-state index contributed by atoms with van der Waals surface area (Å²) in [5.41, 5.74) is 2.31. The lowest BCUT2D eigenvalue weighted by molar-refractivity contribution is -0.126.